The average Bonchev–Trinajstić information content (AvgIpc) is 3.04. The minimum absolute atomic E-state index is 0.0604. The summed E-state index contributed by atoms with van der Waals surface area (Å²) in [6.07, 6.45) is 2.20. The minimum Gasteiger partial charge on any atom is -0.342 e. The summed E-state index contributed by atoms with van der Waals surface area (Å²) in [5.74, 6) is 1.49. The van der Waals surface area contributed by atoms with Gasteiger partial charge in [-0.3, -0.25) is 14.2 Å². The average molecular weight is 374 g/mol. The number of amides is 1. The van der Waals surface area contributed by atoms with Gasteiger partial charge in [-0.15, -0.1) is 0 Å². The van der Waals surface area contributed by atoms with Gasteiger partial charge in [0.05, 0.1) is 6.42 Å². The molecule has 0 bridgehead atoms. The molecule has 3 rings (SSSR count). The second-order valence-electron chi connectivity index (χ2n) is 6.89. The van der Waals surface area contributed by atoms with Gasteiger partial charge in [0.2, 0.25) is 5.91 Å². The lowest BCUT2D eigenvalue weighted by Gasteiger charge is -2.31. The number of nitrogens with one attached hydrogen (secondary N) is 2. The van der Waals surface area contributed by atoms with Crippen molar-refractivity contribution in [2.24, 2.45) is 0 Å². The molecule has 0 spiro atoms. The molecule has 1 amide bonds. The lowest BCUT2D eigenvalue weighted by molar-refractivity contribution is -0.131. The van der Waals surface area contributed by atoms with E-state index >= 15 is 0 Å². The molecule has 9 nitrogen and oxygen atoms in total. The third-order valence-electron chi connectivity index (χ3n) is 5.25. The van der Waals surface area contributed by atoms with Gasteiger partial charge < -0.3 is 9.88 Å². The fraction of sp³-hybridized carbons (Fsp3) is 0.611. The molecule has 0 aromatic carbocycles. The van der Waals surface area contributed by atoms with Crippen molar-refractivity contribution < 1.29 is 4.79 Å². The summed E-state index contributed by atoms with van der Waals surface area (Å²) in [5, 5.41) is 6.66. The van der Waals surface area contributed by atoms with Crippen molar-refractivity contribution in [3.05, 3.63) is 43.7 Å². The van der Waals surface area contributed by atoms with Crippen LogP contribution in [0.2, 0.25) is 0 Å². The molecule has 1 fully saturated rings. The highest BCUT2D eigenvalue weighted by Gasteiger charge is 2.28. The largest absolute Gasteiger partial charge is 0.343 e. The van der Waals surface area contributed by atoms with E-state index in [9.17, 15) is 14.4 Å². The van der Waals surface area contributed by atoms with E-state index in [4.69, 9.17) is 0 Å². The number of likely N-dealkylation sites (tertiary alicyclic amines) is 1. The van der Waals surface area contributed by atoms with Crippen LogP contribution in [0.3, 0.4) is 0 Å². The van der Waals surface area contributed by atoms with Crippen LogP contribution in [-0.2, 0) is 24.2 Å². The van der Waals surface area contributed by atoms with E-state index in [0.29, 0.717) is 43.1 Å². The molecule has 2 aromatic rings. The van der Waals surface area contributed by atoms with Crippen molar-refractivity contribution in [2.45, 2.75) is 58.9 Å². The van der Waals surface area contributed by atoms with Crippen LogP contribution in [0, 0.1) is 6.92 Å². The maximum absolute atomic E-state index is 12.7. The van der Waals surface area contributed by atoms with E-state index in [1.54, 1.807) is 16.4 Å². The Bertz CT molecular complexity index is 933. The van der Waals surface area contributed by atoms with Crippen LogP contribution in [0.25, 0.3) is 0 Å². The second-order valence-corrected chi connectivity index (χ2v) is 6.89. The molecule has 27 heavy (non-hydrogen) atoms. The minimum atomic E-state index is -0.230. The summed E-state index contributed by atoms with van der Waals surface area (Å²) in [6, 6.07) is 0. The van der Waals surface area contributed by atoms with Gasteiger partial charge in [-0.1, -0.05) is 6.92 Å². The van der Waals surface area contributed by atoms with E-state index in [2.05, 4.69) is 20.2 Å². The number of aromatic amines is 2. The monoisotopic (exact) mass is 374 g/mol. The van der Waals surface area contributed by atoms with E-state index in [-0.39, 0.29) is 29.5 Å². The zero-order valence-electron chi connectivity index (χ0n) is 16.0. The molecule has 0 aliphatic carbocycles. The van der Waals surface area contributed by atoms with Crippen LogP contribution < -0.4 is 11.2 Å². The van der Waals surface area contributed by atoms with Gasteiger partial charge in [-0.05, 0) is 26.7 Å². The van der Waals surface area contributed by atoms with Crippen molar-refractivity contribution in [1.29, 1.82) is 0 Å². The highest BCUT2D eigenvalue weighted by molar-refractivity contribution is 5.79. The number of rotatable bonds is 5. The van der Waals surface area contributed by atoms with Gasteiger partial charge in [0.1, 0.15) is 11.6 Å². The van der Waals surface area contributed by atoms with Crippen LogP contribution in [-0.4, -0.2) is 48.6 Å². The lowest BCUT2D eigenvalue weighted by Crippen LogP contribution is -2.40. The molecule has 1 aliphatic heterocycles. The number of piperidine rings is 1. The Kier molecular flexibility index (Phi) is 5.57. The summed E-state index contributed by atoms with van der Waals surface area (Å²) in [5.41, 5.74) is 0.628. The third-order valence-corrected chi connectivity index (χ3v) is 5.25. The van der Waals surface area contributed by atoms with Crippen molar-refractivity contribution in [3.63, 3.8) is 0 Å². The fourth-order valence-electron chi connectivity index (χ4n) is 3.64. The quantitative estimate of drug-likeness (QED) is 0.790. The number of hydrogen-bond donors (Lipinski definition) is 2. The fourth-order valence-corrected chi connectivity index (χ4v) is 3.64. The summed E-state index contributed by atoms with van der Waals surface area (Å²) in [7, 11) is 0. The first-order chi connectivity index (χ1) is 12.9. The normalized spacial score (nSPS) is 15.3. The molecule has 0 unspecified atom stereocenters. The number of aryl methyl sites for hydroxylation is 2. The summed E-state index contributed by atoms with van der Waals surface area (Å²) in [6.45, 7) is 7.36. The Hall–Kier alpha value is -2.71. The molecular formula is C18H26N6O3. The van der Waals surface area contributed by atoms with E-state index < -0.39 is 0 Å². The molecule has 9 heteroatoms. The highest BCUT2D eigenvalue weighted by atomic mass is 16.2. The highest BCUT2D eigenvalue weighted by Crippen LogP contribution is 2.26. The van der Waals surface area contributed by atoms with Crippen molar-refractivity contribution in [3.8, 4) is 0 Å². The number of H-pyrrole nitrogens is 2. The molecule has 0 atom stereocenters. The smallest absolute Gasteiger partial charge is 0.342 e. The van der Waals surface area contributed by atoms with Crippen LogP contribution in [0.15, 0.2) is 9.59 Å². The van der Waals surface area contributed by atoms with Crippen LogP contribution >= 0.6 is 0 Å². The van der Waals surface area contributed by atoms with Crippen LogP contribution in [0.1, 0.15) is 55.5 Å². The maximum Gasteiger partial charge on any atom is 0.343 e. The molecule has 3 heterocycles. The summed E-state index contributed by atoms with van der Waals surface area (Å²) < 4.78 is 1.64. The third kappa shape index (κ3) is 3.86. The number of nitrogens with zero attached hydrogens (tertiary/aromatic N) is 4. The van der Waals surface area contributed by atoms with Gasteiger partial charge >= 0.3 is 5.69 Å². The molecule has 1 aliphatic rings. The van der Waals surface area contributed by atoms with Gasteiger partial charge in [0, 0.05) is 43.2 Å². The zero-order chi connectivity index (χ0) is 19.6. The Morgan fingerprint density at radius 1 is 1.22 bits per heavy atom. The first kappa shape index (κ1) is 19.1. The van der Waals surface area contributed by atoms with Crippen LogP contribution in [0.4, 0.5) is 0 Å². The van der Waals surface area contributed by atoms with Crippen molar-refractivity contribution >= 4 is 5.91 Å². The first-order valence-electron chi connectivity index (χ1n) is 9.46. The summed E-state index contributed by atoms with van der Waals surface area (Å²) >= 11 is 0. The van der Waals surface area contributed by atoms with Gasteiger partial charge in [-0.25, -0.2) is 14.9 Å². The van der Waals surface area contributed by atoms with E-state index in [1.165, 1.54) is 0 Å². The number of hydrogen-bond acceptors (Lipinski definition) is 5. The predicted octanol–water partition coefficient (Wildman–Crippen LogP) is 0.494. The SMILES string of the molecule is CCc1nc(C)c(CC(=O)N2CCC(c3n[nH]c(=O)n3CC)CC2)c(=O)[nH]1. The number of carbonyl (C=O) groups is 1. The Balaban J connectivity index is 1.65. The van der Waals surface area contributed by atoms with Crippen LogP contribution in [0.5, 0.6) is 0 Å². The number of aromatic nitrogens is 5. The first-order valence-corrected chi connectivity index (χ1v) is 9.46. The maximum atomic E-state index is 12.7. The molecular weight excluding hydrogens is 348 g/mol. The van der Waals surface area contributed by atoms with Gasteiger partial charge in [0.25, 0.3) is 5.56 Å². The molecule has 0 saturated carbocycles. The summed E-state index contributed by atoms with van der Waals surface area (Å²) in [4.78, 5) is 45.5. The molecule has 2 aromatic heterocycles. The molecule has 1 saturated heterocycles. The Labute approximate surface area is 156 Å². The molecule has 146 valence electrons. The Morgan fingerprint density at radius 3 is 2.52 bits per heavy atom. The van der Waals surface area contributed by atoms with Gasteiger partial charge in [-0.2, -0.15) is 5.10 Å². The standard InChI is InChI=1S/C18H26N6O3/c1-4-14-19-11(3)13(17(26)20-14)10-15(25)23-8-6-12(7-9-23)16-21-22-18(27)24(16)5-2/h12H,4-10H2,1-3H3,(H,22,27)(H,19,20,26). The second kappa shape index (κ2) is 7.89. The van der Waals surface area contributed by atoms with E-state index in [0.717, 1.165) is 18.7 Å². The van der Waals surface area contributed by atoms with Gasteiger partial charge in [0.15, 0.2) is 0 Å². The van der Waals surface area contributed by atoms with Crippen molar-refractivity contribution in [2.75, 3.05) is 13.1 Å². The molecule has 0 radical (unpaired) electrons. The predicted molar refractivity (Wildman–Crippen MR) is 99.8 cm³/mol. The van der Waals surface area contributed by atoms with E-state index in [1.807, 2.05) is 13.8 Å². The topological polar surface area (TPSA) is 117 Å². The zero-order valence-corrected chi connectivity index (χ0v) is 16.0. The lowest BCUT2D eigenvalue weighted by atomic mass is 9.95. The van der Waals surface area contributed by atoms with Crippen molar-refractivity contribution in [1.82, 2.24) is 29.6 Å². The number of carbonyl (C=O) groups excluding carboxylic acids is 1. The molecule has 2 N–H and O–H groups in total. The Morgan fingerprint density at radius 2 is 1.93 bits per heavy atom.